The summed E-state index contributed by atoms with van der Waals surface area (Å²) in [7, 11) is 1.75. The Morgan fingerprint density at radius 3 is 2.57 bits per heavy atom. The summed E-state index contributed by atoms with van der Waals surface area (Å²) in [5, 5.41) is 7.00. The Kier molecular flexibility index (Phi) is 1.11. The molecular formula is C5H5BN. The zero-order chi connectivity index (χ0) is 5.11. The van der Waals surface area contributed by atoms with Gasteiger partial charge in [0.15, 0.2) is 0 Å². The fourth-order valence-electron chi connectivity index (χ4n) is 0.438. The van der Waals surface area contributed by atoms with Crippen LogP contribution in [0.1, 0.15) is 0 Å². The molecule has 1 rings (SSSR count). The maximum atomic E-state index is 7.00. The van der Waals surface area contributed by atoms with E-state index in [2.05, 4.69) is 0 Å². The van der Waals surface area contributed by atoms with Crippen LogP contribution in [-0.4, -0.2) is 12.9 Å². The summed E-state index contributed by atoms with van der Waals surface area (Å²) in [6, 6.07) is 0. The van der Waals surface area contributed by atoms with Crippen LogP contribution < -0.4 is 0 Å². The van der Waals surface area contributed by atoms with Gasteiger partial charge in [-0.1, -0.05) is 18.2 Å². The minimum Gasteiger partial charge on any atom is -0.316 e. The molecule has 1 N–H and O–H groups in total. The molecule has 0 aromatic carbocycles. The number of rotatable bonds is 0. The Morgan fingerprint density at radius 1 is 1.43 bits per heavy atom. The summed E-state index contributed by atoms with van der Waals surface area (Å²) in [5.74, 6) is 1.85. The van der Waals surface area contributed by atoms with Crippen LogP contribution >= 0.6 is 0 Å². The van der Waals surface area contributed by atoms with Crippen LogP contribution in [-0.2, 0) is 0 Å². The molecule has 1 radical (unpaired) electrons. The Hall–Kier alpha value is -0.785. The van der Waals surface area contributed by atoms with Gasteiger partial charge in [-0.3, -0.25) is 0 Å². The topological polar surface area (TPSA) is 23.9 Å². The summed E-state index contributed by atoms with van der Waals surface area (Å²) in [4.78, 5) is 0. The van der Waals surface area contributed by atoms with Crippen LogP contribution in [0.4, 0.5) is 0 Å². The van der Waals surface area contributed by atoms with E-state index in [4.69, 9.17) is 5.41 Å². The highest BCUT2D eigenvalue weighted by Crippen LogP contribution is 1.85. The van der Waals surface area contributed by atoms with E-state index in [1.807, 2.05) is 18.1 Å². The zero-order valence-electron chi connectivity index (χ0n) is 3.89. The molecule has 0 bridgehead atoms. The van der Waals surface area contributed by atoms with Gasteiger partial charge in [0, 0.05) is 0 Å². The molecular weight excluding hydrogens is 84.9 g/mol. The van der Waals surface area contributed by atoms with E-state index < -0.39 is 0 Å². The number of hydrogen-bond donors (Lipinski definition) is 1. The van der Waals surface area contributed by atoms with Crippen molar-refractivity contribution < 1.29 is 0 Å². The van der Waals surface area contributed by atoms with Crippen molar-refractivity contribution in [1.82, 2.24) is 0 Å². The molecule has 0 saturated heterocycles. The van der Waals surface area contributed by atoms with Crippen LogP contribution in [0.5, 0.6) is 0 Å². The smallest absolute Gasteiger partial charge is 0.206 e. The molecule has 0 spiro atoms. The van der Waals surface area contributed by atoms with Crippen molar-refractivity contribution in [3.63, 3.8) is 0 Å². The van der Waals surface area contributed by atoms with E-state index >= 15 is 0 Å². The van der Waals surface area contributed by atoms with Gasteiger partial charge in [-0.25, -0.2) is 0 Å². The molecule has 1 heterocycles. The van der Waals surface area contributed by atoms with Crippen molar-refractivity contribution in [3.8, 4) is 0 Å². The fraction of sp³-hybridized carbons (Fsp3) is 0. The standard InChI is InChI=1S/C5H5BN/c7-5-3-1-2-4-6-5/h1-4,7H. The minimum absolute atomic E-state index is 0.572. The highest BCUT2D eigenvalue weighted by Gasteiger charge is 1.90. The number of allylic oxidation sites excluding steroid dienone is 3. The second kappa shape index (κ2) is 1.78. The van der Waals surface area contributed by atoms with Crippen molar-refractivity contribution in [2.45, 2.75) is 0 Å². The van der Waals surface area contributed by atoms with Crippen molar-refractivity contribution in [2.24, 2.45) is 0 Å². The van der Waals surface area contributed by atoms with E-state index in [0.29, 0.717) is 5.61 Å². The molecule has 0 saturated carbocycles. The number of nitrogens with one attached hydrogen (secondary N) is 1. The van der Waals surface area contributed by atoms with Gasteiger partial charge in [-0.05, 0) is 5.61 Å². The normalized spacial score (nSPS) is 16.9. The number of hydrogen-bond acceptors (Lipinski definition) is 1. The Bertz CT molecular complexity index is 135. The molecule has 0 aromatic rings. The van der Waals surface area contributed by atoms with Gasteiger partial charge in [0.05, 0.1) is 0 Å². The van der Waals surface area contributed by atoms with Crippen LogP contribution in [0.2, 0.25) is 0 Å². The van der Waals surface area contributed by atoms with Gasteiger partial charge >= 0.3 is 0 Å². The Morgan fingerprint density at radius 2 is 2.29 bits per heavy atom. The summed E-state index contributed by atoms with van der Waals surface area (Å²) in [6.07, 6.45) is 5.50. The molecule has 0 fully saturated rings. The van der Waals surface area contributed by atoms with Crippen LogP contribution in [0, 0.1) is 5.41 Å². The highest BCUT2D eigenvalue weighted by atomic mass is 14.3. The van der Waals surface area contributed by atoms with Gasteiger partial charge in [-0.2, -0.15) is 0 Å². The summed E-state index contributed by atoms with van der Waals surface area (Å²) in [6.45, 7) is 0. The Balaban J connectivity index is 2.66. The first-order valence-corrected chi connectivity index (χ1v) is 2.16. The van der Waals surface area contributed by atoms with Crippen molar-refractivity contribution in [2.75, 3.05) is 0 Å². The lowest BCUT2D eigenvalue weighted by Gasteiger charge is -1.90. The van der Waals surface area contributed by atoms with Crippen molar-refractivity contribution in [3.05, 3.63) is 24.2 Å². The zero-order valence-corrected chi connectivity index (χ0v) is 3.89. The van der Waals surface area contributed by atoms with Gasteiger partial charge < -0.3 is 5.41 Å². The second-order valence-electron chi connectivity index (χ2n) is 1.37. The van der Waals surface area contributed by atoms with Crippen molar-refractivity contribution in [1.29, 1.82) is 5.41 Å². The third kappa shape index (κ3) is 1.04. The SMILES string of the molecule is N=C1[B]C=CC=C1. The molecule has 0 atom stereocenters. The average Bonchev–Trinajstić information content (AvgIpc) is 1.69. The summed E-state index contributed by atoms with van der Waals surface area (Å²) in [5.41, 5.74) is 0.572. The lowest BCUT2D eigenvalue weighted by molar-refractivity contribution is 1.56. The molecule has 0 amide bonds. The third-order valence-corrected chi connectivity index (χ3v) is 0.774. The van der Waals surface area contributed by atoms with Gasteiger partial charge in [0.1, 0.15) is 0 Å². The molecule has 1 aliphatic rings. The maximum Gasteiger partial charge on any atom is 0.206 e. The molecule has 2 heteroatoms. The molecule has 7 heavy (non-hydrogen) atoms. The van der Waals surface area contributed by atoms with E-state index in [1.165, 1.54) is 0 Å². The first kappa shape index (κ1) is 4.38. The largest absolute Gasteiger partial charge is 0.316 e. The first-order chi connectivity index (χ1) is 3.39. The van der Waals surface area contributed by atoms with Gasteiger partial charge in [-0.15, -0.1) is 5.98 Å². The van der Waals surface area contributed by atoms with E-state index in [0.717, 1.165) is 0 Å². The molecule has 1 nitrogen and oxygen atoms in total. The fourth-order valence-corrected chi connectivity index (χ4v) is 0.438. The molecule has 33 valence electrons. The van der Waals surface area contributed by atoms with Crippen LogP contribution in [0.25, 0.3) is 0 Å². The lowest BCUT2D eigenvalue weighted by Crippen LogP contribution is -2.02. The minimum atomic E-state index is 0.572. The molecule has 1 aliphatic heterocycles. The van der Waals surface area contributed by atoms with Gasteiger partial charge in [0.25, 0.3) is 0 Å². The molecule has 0 aromatic heterocycles. The predicted octanol–water partition coefficient (Wildman–Crippen LogP) is 0.751. The monoisotopic (exact) mass is 90.1 g/mol. The summed E-state index contributed by atoms with van der Waals surface area (Å²) < 4.78 is 0. The molecule has 0 aliphatic carbocycles. The molecule has 0 unspecified atom stereocenters. The highest BCUT2D eigenvalue weighted by molar-refractivity contribution is 6.81. The van der Waals surface area contributed by atoms with E-state index in [9.17, 15) is 0 Å². The average molecular weight is 89.9 g/mol. The predicted molar refractivity (Wildman–Crippen MR) is 31.8 cm³/mol. The van der Waals surface area contributed by atoms with Gasteiger partial charge in [0.2, 0.25) is 7.28 Å². The van der Waals surface area contributed by atoms with E-state index in [-0.39, 0.29) is 0 Å². The lowest BCUT2D eigenvalue weighted by atomic mass is 9.70. The van der Waals surface area contributed by atoms with Crippen LogP contribution in [0.15, 0.2) is 24.2 Å². The third-order valence-electron chi connectivity index (χ3n) is 0.774. The quantitative estimate of drug-likeness (QED) is 0.424. The Labute approximate surface area is 43.5 Å². The summed E-state index contributed by atoms with van der Waals surface area (Å²) >= 11 is 0. The van der Waals surface area contributed by atoms with Crippen molar-refractivity contribution >= 4 is 12.9 Å². The first-order valence-electron chi connectivity index (χ1n) is 2.16. The van der Waals surface area contributed by atoms with Crippen LogP contribution in [0.3, 0.4) is 0 Å². The maximum absolute atomic E-state index is 7.00. The second-order valence-corrected chi connectivity index (χ2v) is 1.37. The van der Waals surface area contributed by atoms with E-state index in [1.54, 1.807) is 13.4 Å².